The Hall–Kier alpha value is -2.42. The van der Waals surface area contributed by atoms with E-state index in [1.807, 2.05) is 20.8 Å². The highest BCUT2D eigenvalue weighted by Gasteiger charge is 2.29. The Balaban J connectivity index is 1.75. The van der Waals surface area contributed by atoms with Crippen molar-refractivity contribution in [1.29, 1.82) is 0 Å². The molecular formula is C15H17N5O3S. The Morgan fingerprint density at radius 3 is 2.96 bits per heavy atom. The number of ether oxygens (including phenoxy) is 1. The first-order valence-electron chi connectivity index (χ1n) is 7.68. The van der Waals surface area contributed by atoms with Crippen LogP contribution >= 0.6 is 11.3 Å². The lowest BCUT2D eigenvalue weighted by Crippen LogP contribution is -2.39. The van der Waals surface area contributed by atoms with Crippen molar-refractivity contribution < 1.29 is 9.53 Å². The van der Waals surface area contributed by atoms with Crippen LogP contribution in [-0.4, -0.2) is 42.7 Å². The standard InChI is InChI=1S/C15H17N5O3S/c1-15(2,3)23-14(22)19-5-4-8-9(6-19)24-12-10(8)11-16-7-17-20(11)13(21)18-12/h7H,4-6H2,1-3H3,(H,18,21). The lowest BCUT2D eigenvalue weighted by molar-refractivity contribution is 0.0227. The van der Waals surface area contributed by atoms with Crippen LogP contribution in [0.5, 0.6) is 0 Å². The van der Waals surface area contributed by atoms with Gasteiger partial charge in [0.1, 0.15) is 16.8 Å². The molecule has 9 heteroatoms. The summed E-state index contributed by atoms with van der Waals surface area (Å²) in [4.78, 5) is 34.9. The number of fused-ring (bicyclic) bond motifs is 5. The van der Waals surface area contributed by atoms with Gasteiger partial charge in [-0.3, -0.25) is 4.98 Å². The fourth-order valence-electron chi connectivity index (χ4n) is 2.92. The van der Waals surface area contributed by atoms with Gasteiger partial charge in [-0.1, -0.05) is 0 Å². The van der Waals surface area contributed by atoms with E-state index in [1.54, 1.807) is 4.90 Å². The minimum absolute atomic E-state index is 0.308. The molecule has 0 saturated carbocycles. The van der Waals surface area contributed by atoms with Crippen molar-refractivity contribution in [1.82, 2.24) is 24.5 Å². The van der Waals surface area contributed by atoms with Crippen molar-refractivity contribution in [2.75, 3.05) is 6.54 Å². The third-order valence-corrected chi connectivity index (χ3v) is 5.02. The molecule has 0 unspecified atom stereocenters. The average molecular weight is 347 g/mol. The molecule has 8 nitrogen and oxygen atoms in total. The van der Waals surface area contributed by atoms with Crippen LogP contribution in [0, 0.1) is 0 Å². The average Bonchev–Trinajstić information content (AvgIpc) is 3.07. The predicted octanol–water partition coefficient (Wildman–Crippen LogP) is 1.93. The SMILES string of the molecule is CC(C)(C)OC(=O)N1CCc2c(sc3[nH]c(=O)n4ncnc4c23)C1. The van der Waals surface area contributed by atoms with Gasteiger partial charge in [0.25, 0.3) is 0 Å². The van der Waals surface area contributed by atoms with E-state index < -0.39 is 5.60 Å². The van der Waals surface area contributed by atoms with Gasteiger partial charge in [0, 0.05) is 11.4 Å². The Morgan fingerprint density at radius 2 is 2.21 bits per heavy atom. The Kier molecular flexibility index (Phi) is 3.17. The van der Waals surface area contributed by atoms with Crippen molar-refractivity contribution in [3.8, 4) is 0 Å². The van der Waals surface area contributed by atoms with Crippen LogP contribution < -0.4 is 5.69 Å². The first kappa shape index (κ1) is 15.1. The number of aromatic amines is 1. The molecule has 0 fully saturated rings. The number of nitrogens with one attached hydrogen (secondary N) is 1. The number of aromatic nitrogens is 4. The van der Waals surface area contributed by atoms with Crippen molar-refractivity contribution >= 4 is 33.3 Å². The van der Waals surface area contributed by atoms with Crippen molar-refractivity contribution in [3.63, 3.8) is 0 Å². The van der Waals surface area contributed by atoms with E-state index in [0.29, 0.717) is 25.2 Å². The Morgan fingerprint density at radius 1 is 1.42 bits per heavy atom. The second-order valence-electron chi connectivity index (χ2n) is 6.79. The number of thiophene rings is 1. The molecule has 3 aromatic heterocycles. The largest absolute Gasteiger partial charge is 0.444 e. The molecule has 1 aliphatic heterocycles. The molecule has 0 spiro atoms. The number of hydrogen-bond acceptors (Lipinski definition) is 6. The van der Waals surface area contributed by atoms with Gasteiger partial charge in [-0.2, -0.15) is 9.61 Å². The normalized spacial score (nSPS) is 15.0. The van der Waals surface area contributed by atoms with E-state index in [1.165, 1.54) is 22.2 Å². The molecule has 0 saturated heterocycles. The summed E-state index contributed by atoms with van der Waals surface area (Å²) in [6.07, 6.45) is 1.76. The first-order valence-corrected chi connectivity index (χ1v) is 8.49. The number of amides is 1. The second-order valence-corrected chi connectivity index (χ2v) is 7.89. The van der Waals surface area contributed by atoms with Crippen molar-refractivity contribution in [3.05, 3.63) is 27.3 Å². The predicted molar refractivity (Wildman–Crippen MR) is 89.3 cm³/mol. The number of hydrogen-bond donors (Lipinski definition) is 1. The number of H-pyrrole nitrogens is 1. The number of nitrogens with zero attached hydrogens (tertiary/aromatic N) is 4. The highest BCUT2D eigenvalue weighted by Crippen LogP contribution is 2.35. The van der Waals surface area contributed by atoms with Gasteiger partial charge in [-0.05, 0) is 32.8 Å². The lowest BCUT2D eigenvalue weighted by atomic mass is 10.1. The van der Waals surface area contributed by atoms with Crippen molar-refractivity contribution in [2.24, 2.45) is 0 Å². The van der Waals surface area contributed by atoms with Crippen LogP contribution in [-0.2, 0) is 17.7 Å². The van der Waals surface area contributed by atoms with Gasteiger partial charge in [0.2, 0.25) is 0 Å². The fourth-order valence-corrected chi connectivity index (χ4v) is 4.17. The first-order chi connectivity index (χ1) is 11.3. The number of carbonyl (C=O) groups is 1. The van der Waals surface area contributed by atoms with Crippen molar-refractivity contribution in [2.45, 2.75) is 39.3 Å². The maximum absolute atomic E-state index is 12.3. The molecule has 0 aromatic carbocycles. The molecule has 1 N–H and O–H groups in total. The summed E-state index contributed by atoms with van der Waals surface area (Å²) >= 11 is 1.49. The second kappa shape index (κ2) is 5.04. The zero-order valence-corrected chi connectivity index (χ0v) is 14.4. The minimum Gasteiger partial charge on any atom is -0.444 e. The van der Waals surface area contributed by atoms with Gasteiger partial charge in [-0.25, -0.2) is 14.6 Å². The lowest BCUT2D eigenvalue weighted by Gasteiger charge is -2.29. The molecule has 0 aliphatic carbocycles. The monoisotopic (exact) mass is 347 g/mol. The zero-order valence-electron chi connectivity index (χ0n) is 13.6. The molecule has 1 aliphatic rings. The van der Waals surface area contributed by atoms with Gasteiger partial charge < -0.3 is 9.64 Å². The van der Waals surface area contributed by atoms with E-state index in [9.17, 15) is 9.59 Å². The molecular weight excluding hydrogens is 330 g/mol. The summed E-state index contributed by atoms with van der Waals surface area (Å²) in [6.45, 7) is 6.62. The van der Waals surface area contributed by atoms with Gasteiger partial charge in [0.05, 0.1) is 11.9 Å². The van der Waals surface area contributed by atoms with Gasteiger partial charge in [0.15, 0.2) is 5.65 Å². The van der Waals surface area contributed by atoms with E-state index in [4.69, 9.17) is 4.74 Å². The van der Waals surface area contributed by atoms with Crippen LogP contribution in [0.3, 0.4) is 0 Å². The zero-order chi connectivity index (χ0) is 17.1. The van der Waals surface area contributed by atoms with Crippen LogP contribution in [0.4, 0.5) is 4.79 Å². The smallest absolute Gasteiger partial charge is 0.410 e. The highest BCUT2D eigenvalue weighted by atomic mass is 32.1. The minimum atomic E-state index is -0.517. The quantitative estimate of drug-likeness (QED) is 0.671. The molecule has 4 heterocycles. The third kappa shape index (κ3) is 2.35. The fraction of sp³-hybridized carbons (Fsp3) is 0.467. The van der Waals surface area contributed by atoms with E-state index in [-0.39, 0.29) is 11.8 Å². The van der Waals surface area contributed by atoms with Crippen LogP contribution in [0.1, 0.15) is 31.2 Å². The van der Waals surface area contributed by atoms with E-state index in [0.717, 1.165) is 20.7 Å². The number of rotatable bonds is 0. The molecule has 0 atom stereocenters. The Labute approximate surface area is 141 Å². The molecule has 0 radical (unpaired) electrons. The van der Waals surface area contributed by atoms with Gasteiger partial charge >= 0.3 is 11.8 Å². The maximum atomic E-state index is 12.3. The maximum Gasteiger partial charge on any atom is 0.410 e. The van der Waals surface area contributed by atoms with Crippen LogP contribution in [0.2, 0.25) is 0 Å². The van der Waals surface area contributed by atoms with E-state index >= 15 is 0 Å². The topological polar surface area (TPSA) is 92.6 Å². The third-order valence-electron chi connectivity index (χ3n) is 3.89. The molecule has 3 aromatic rings. The molecule has 1 amide bonds. The number of carbonyl (C=O) groups excluding carboxylic acids is 1. The summed E-state index contributed by atoms with van der Waals surface area (Å²) in [5, 5.41) is 4.89. The summed E-state index contributed by atoms with van der Waals surface area (Å²) in [5.74, 6) is 0. The van der Waals surface area contributed by atoms with E-state index in [2.05, 4.69) is 15.1 Å². The highest BCUT2D eigenvalue weighted by molar-refractivity contribution is 7.19. The summed E-state index contributed by atoms with van der Waals surface area (Å²) in [5.41, 5.74) is 0.870. The van der Waals surface area contributed by atoms with Crippen LogP contribution in [0.25, 0.3) is 15.9 Å². The van der Waals surface area contributed by atoms with Gasteiger partial charge in [-0.15, -0.1) is 11.3 Å². The summed E-state index contributed by atoms with van der Waals surface area (Å²) in [6, 6.07) is 0. The molecule has 126 valence electrons. The molecule has 4 rings (SSSR count). The van der Waals surface area contributed by atoms with Crippen LogP contribution in [0.15, 0.2) is 11.1 Å². The molecule has 0 bridgehead atoms. The molecule has 24 heavy (non-hydrogen) atoms. The summed E-state index contributed by atoms with van der Waals surface area (Å²) < 4.78 is 6.72. The Bertz CT molecular complexity index is 1010. The summed E-state index contributed by atoms with van der Waals surface area (Å²) in [7, 11) is 0.